The Kier molecular flexibility index (Phi) is 5.59. The second-order valence-electron chi connectivity index (χ2n) is 12.0. The summed E-state index contributed by atoms with van der Waals surface area (Å²) in [7, 11) is 0. The molecule has 0 heteroatoms. The van der Waals surface area contributed by atoms with Gasteiger partial charge in [-0.1, -0.05) is 72.0 Å². The van der Waals surface area contributed by atoms with Gasteiger partial charge in [-0.15, -0.1) is 0 Å². The first-order valence-electron chi connectivity index (χ1n) is 12.6. The molecule has 0 nitrogen and oxygen atoms in total. The molecule has 0 amide bonds. The van der Waals surface area contributed by atoms with Crippen LogP contribution < -0.4 is 0 Å². The van der Waals surface area contributed by atoms with E-state index in [2.05, 4.69) is 40.7 Å². The lowest BCUT2D eigenvalue weighted by atomic mass is 9.47. The lowest BCUT2D eigenvalue weighted by Crippen LogP contribution is -2.50. The van der Waals surface area contributed by atoms with E-state index >= 15 is 0 Å². The van der Waals surface area contributed by atoms with Crippen LogP contribution >= 0.6 is 0 Å². The fourth-order valence-electron chi connectivity index (χ4n) is 8.72. The van der Waals surface area contributed by atoms with Crippen LogP contribution in [0.4, 0.5) is 0 Å². The van der Waals surface area contributed by atoms with Crippen molar-refractivity contribution in [1.29, 1.82) is 0 Å². The van der Waals surface area contributed by atoms with Crippen molar-refractivity contribution in [2.75, 3.05) is 0 Å². The van der Waals surface area contributed by atoms with Crippen molar-refractivity contribution in [3.63, 3.8) is 0 Å². The van der Waals surface area contributed by atoms with Crippen molar-refractivity contribution in [2.24, 2.45) is 46.3 Å². The maximum absolute atomic E-state index is 2.74. The van der Waals surface area contributed by atoms with Crippen molar-refractivity contribution in [2.45, 2.75) is 112 Å². The molecule has 154 valence electrons. The van der Waals surface area contributed by atoms with E-state index in [0.717, 1.165) is 35.5 Å². The van der Waals surface area contributed by atoms with Crippen molar-refractivity contribution >= 4 is 0 Å². The van der Waals surface area contributed by atoms with E-state index < -0.39 is 0 Å². The van der Waals surface area contributed by atoms with Gasteiger partial charge in [0.05, 0.1) is 0 Å². The van der Waals surface area contributed by atoms with Crippen LogP contribution in [-0.2, 0) is 0 Å². The smallest absolute Gasteiger partial charge is 0.00853 e. The Labute approximate surface area is 170 Å². The molecule has 3 saturated carbocycles. The van der Waals surface area contributed by atoms with Gasteiger partial charge in [0.15, 0.2) is 0 Å². The zero-order valence-electron chi connectivity index (χ0n) is 19.0. The molecule has 3 fully saturated rings. The number of rotatable bonds is 5. The Morgan fingerprint density at radius 1 is 0.963 bits per heavy atom. The number of allylic oxidation sites excluding steroid dienone is 2. The summed E-state index contributed by atoms with van der Waals surface area (Å²) in [5, 5.41) is 0. The van der Waals surface area contributed by atoms with Crippen LogP contribution in [0, 0.1) is 46.3 Å². The van der Waals surface area contributed by atoms with Gasteiger partial charge in [-0.05, 0) is 97.7 Å². The molecule has 0 aromatic heterocycles. The highest BCUT2D eigenvalue weighted by Crippen LogP contribution is 2.67. The third-order valence-electron chi connectivity index (χ3n) is 10.2. The zero-order valence-corrected chi connectivity index (χ0v) is 19.0. The van der Waals surface area contributed by atoms with Gasteiger partial charge in [-0.3, -0.25) is 0 Å². The van der Waals surface area contributed by atoms with Gasteiger partial charge in [-0.25, -0.2) is 0 Å². The third kappa shape index (κ3) is 3.36. The fourth-order valence-corrected chi connectivity index (χ4v) is 8.72. The van der Waals surface area contributed by atoms with Crippen LogP contribution in [0.3, 0.4) is 0 Å². The van der Waals surface area contributed by atoms with Gasteiger partial charge >= 0.3 is 0 Å². The first-order chi connectivity index (χ1) is 12.9. The second-order valence-corrected chi connectivity index (χ2v) is 12.0. The van der Waals surface area contributed by atoms with Gasteiger partial charge in [-0.2, -0.15) is 0 Å². The van der Waals surface area contributed by atoms with Gasteiger partial charge in [0.1, 0.15) is 0 Å². The first-order valence-corrected chi connectivity index (χ1v) is 12.6. The third-order valence-corrected chi connectivity index (χ3v) is 10.2. The summed E-state index contributed by atoms with van der Waals surface area (Å²) < 4.78 is 0. The summed E-state index contributed by atoms with van der Waals surface area (Å²) in [6.07, 6.45) is 20.5. The highest BCUT2D eigenvalue weighted by Gasteiger charge is 2.58. The molecule has 0 radical (unpaired) electrons. The van der Waals surface area contributed by atoms with E-state index in [-0.39, 0.29) is 0 Å². The molecule has 0 aliphatic heterocycles. The van der Waals surface area contributed by atoms with Gasteiger partial charge in [0.25, 0.3) is 0 Å². The predicted octanol–water partition coefficient (Wildman–Crippen LogP) is 8.42. The molecule has 7 atom stereocenters. The summed E-state index contributed by atoms with van der Waals surface area (Å²) in [6, 6.07) is 0. The van der Waals surface area contributed by atoms with Crippen molar-refractivity contribution in [3.05, 3.63) is 11.6 Å². The SMILES string of the molecule is CC(C)CCC[C@@H](C)[C@H]1CC[C@@H]2[C@H]3CC=C4CCCC[C@]4(C)[C@@H]3CC[C@@]21C. The van der Waals surface area contributed by atoms with Crippen molar-refractivity contribution < 1.29 is 0 Å². The predicted molar refractivity (Wildman–Crippen MR) is 118 cm³/mol. The topological polar surface area (TPSA) is 0 Å². The average Bonchev–Trinajstić information content (AvgIpc) is 2.98. The average molecular weight is 371 g/mol. The molecule has 4 rings (SSSR count). The van der Waals surface area contributed by atoms with E-state index in [4.69, 9.17) is 0 Å². The van der Waals surface area contributed by atoms with E-state index in [1.54, 1.807) is 0 Å². The minimum atomic E-state index is 0.573. The highest BCUT2D eigenvalue weighted by atomic mass is 14.6. The van der Waals surface area contributed by atoms with Crippen LogP contribution in [0.25, 0.3) is 0 Å². The van der Waals surface area contributed by atoms with Gasteiger partial charge < -0.3 is 0 Å². The minimum Gasteiger partial charge on any atom is -0.0845 e. The molecular formula is C27H46. The monoisotopic (exact) mass is 370 g/mol. The summed E-state index contributed by atoms with van der Waals surface area (Å²) >= 11 is 0. The maximum Gasteiger partial charge on any atom is -0.00853 e. The Morgan fingerprint density at radius 3 is 2.56 bits per heavy atom. The van der Waals surface area contributed by atoms with Crippen LogP contribution in [0.15, 0.2) is 11.6 Å². The zero-order chi connectivity index (χ0) is 19.2. The molecule has 0 bridgehead atoms. The quantitative estimate of drug-likeness (QED) is 0.426. The summed E-state index contributed by atoms with van der Waals surface area (Å²) in [5.41, 5.74) is 3.09. The standard InChI is InChI=1S/C27H46/c1-19(2)9-8-10-20(3)23-14-15-24-22-13-12-21-11-6-7-17-26(21,4)25(22)16-18-27(23,24)5/h12,19-20,22-25H,6-11,13-18H2,1-5H3/t20-,22-,23-,24-,25-,26+,27-/m1/s1. The van der Waals surface area contributed by atoms with E-state index in [1.807, 2.05) is 5.57 Å². The number of hydrogen-bond donors (Lipinski definition) is 0. The molecule has 0 saturated heterocycles. The van der Waals surface area contributed by atoms with Crippen LogP contribution in [0.5, 0.6) is 0 Å². The normalized spacial score (nSPS) is 45.0. The van der Waals surface area contributed by atoms with Gasteiger partial charge in [0, 0.05) is 0 Å². The van der Waals surface area contributed by atoms with Gasteiger partial charge in [0.2, 0.25) is 0 Å². The lowest BCUT2D eigenvalue weighted by Gasteiger charge is -2.58. The molecule has 4 aliphatic carbocycles. The molecular weight excluding hydrogens is 324 g/mol. The van der Waals surface area contributed by atoms with Crippen LogP contribution in [-0.4, -0.2) is 0 Å². The van der Waals surface area contributed by atoms with E-state index in [0.29, 0.717) is 10.8 Å². The summed E-state index contributed by atoms with van der Waals surface area (Å²) in [5.74, 6) is 5.84. The van der Waals surface area contributed by atoms with Crippen LogP contribution in [0.2, 0.25) is 0 Å². The molecule has 0 aromatic carbocycles. The Bertz CT molecular complexity index is 556. The minimum absolute atomic E-state index is 0.573. The van der Waals surface area contributed by atoms with E-state index in [9.17, 15) is 0 Å². The lowest BCUT2D eigenvalue weighted by molar-refractivity contribution is -0.0500. The Balaban J connectivity index is 1.49. The molecule has 4 aliphatic rings. The second kappa shape index (κ2) is 7.53. The summed E-state index contributed by atoms with van der Waals surface area (Å²) in [6.45, 7) is 12.8. The highest BCUT2D eigenvalue weighted by molar-refractivity contribution is 5.24. The fraction of sp³-hybridized carbons (Fsp3) is 0.926. The maximum atomic E-state index is 2.74. The molecule has 0 aromatic rings. The molecule has 0 spiro atoms. The van der Waals surface area contributed by atoms with E-state index in [1.165, 1.54) is 77.0 Å². The summed E-state index contributed by atoms with van der Waals surface area (Å²) in [4.78, 5) is 0. The van der Waals surface area contributed by atoms with Crippen molar-refractivity contribution in [1.82, 2.24) is 0 Å². The molecule has 27 heavy (non-hydrogen) atoms. The number of fused-ring (bicyclic) bond motifs is 5. The first kappa shape index (κ1) is 20.0. The Hall–Kier alpha value is -0.260. The Morgan fingerprint density at radius 2 is 1.78 bits per heavy atom. The molecule has 0 heterocycles. The molecule has 0 unspecified atom stereocenters. The van der Waals surface area contributed by atoms with Crippen LogP contribution in [0.1, 0.15) is 112 Å². The van der Waals surface area contributed by atoms with Crippen molar-refractivity contribution in [3.8, 4) is 0 Å². The largest absolute Gasteiger partial charge is 0.0845 e. The number of hydrogen-bond acceptors (Lipinski definition) is 0. The molecule has 0 N–H and O–H groups in total.